The van der Waals surface area contributed by atoms with Gasteiger partial charge in [-0.25, -0.2) is 13.6 Å². The van der Waals surface area contributed by atoms with Crippen LogP contribution in [0.25, 0.3) is 5.69 Å². The Hall–Kier alpha value is -3.15. The molecule has 0 aliphatic carbocycles. The Morgan fingerprint density at radius 1 is 1.15 bits per heavy atom. The molecule has 2 aromatic carbocycles. The van der Waals surface area contributed by atoms with E-state index < -0.39 is 17.7 Å². The number of carbonyl (C=O) groups excluding carboxylic acids is 1. The smallest absolute Gasteiger partial charge is 0.318 e. The lowest BCUT2D eigenvalue weighted by atomic mass is 10.1. The highest BCUT2D eigenvalue weighted by molar-refractivity contribution is 5.90. The molecule has 1 aliphatic rings. The van der Waals surface area contributed by atoms with Gasteiger partial charge in [0.1, 0.15) is 11.6 Å². The SMILES string of the molecule is CC[C@H]1c2cccn2-c2ccccc2CN1C(=O)Nc1ccc(F)cc1F. The second-order valence-electron chi connectivity index (χ2n) is 6.54. The minimum Gasteiger partial charge on any atom is -0.318 e. The first kappa shape index (κ1) is 17.3. The van der Waals surface area contributed by atoms with Gasteiger partial charge in [0.2, 0.25) is 0 Å². The van der Waals surface area contributed by atoms with E-state index >= 15 is 0 Å². The van der Waals surface area contributed by atoms with Gasteiger partial charge in [-0.05, 0) is 42.3 Å². The van der Waals surface area contributed by atoms with Crippen LogP contribution in [0.15, 0.2) is 60.8 Å². The molecule has 2 amide bonds. The minimum absolute atomic E-state index is 0.0378. The van der Waals surface area contributed by atoms with Gasteiger partial charge in [0.25, 0.3) is 0 Å². The topological polar surface area (TPSA) is 37.3 Å². The molecular weight excluding hydrogens is 348 g/mol. The number of benzene rings is 2. The maximum Gasteiger partial charge on any atom is 0.322 e. The van der Waals surface area contributed by atoms with Crippen LogP contribution in [-0.4, -0.2) is 15.5 Å². The van der Waals surface area contributed by atoms with Gasteiger partial charge >= 0.3 is 6.03 Å². The monoisotopic (exact) mass is 367 g/mol. The summed E-state index contributed by atoms with van der Waals surface area (Å²) in [6.45, 7) is 2.40. The number of nitrogens with one attached hydrogen (secondary N) is 1. The lowest BCUT2D eigenvalue weighted by molar-refractivity contribution is 0.181. The Labute approximate surface area is 156 Å². The van der Waals surface area contributed by atoms with E-state index in [2.05, 4.69) is 9.88 Å². The van der Waals surface area contributed by atoms with E-state index in [1.165, 1.54) is 6.07 Å². The molecular formula is C21H19F2N3O. The molecule has 2 heterocycles. The number of urea groups is 1. The second-order valence-corrected chi connectivity index (χ2v) is 6.54. The zero-order valence-corrected chi connectivity index (χ0v) is 14.8. The average Bonchev–Trinajstić information content (AvgIpc) is 3.08. The molecule has 1 N–H and O–H groups in total. The van der Waals surface area contributed by atoms with Gasteiger partial charge in [-0.3, -0.25) is 0 Å². The Bertz CT molecular complexity index is 999. The Morgan fingerprint density at radius 3 is 2.74 bits per heavy atom. The summed E-state index contributed by atoms with van der Waals surface area (Å²) in [5.41, 5.74) is 2.99. The molecule has 4 rings (SSSR count). The van der Waals surface area contributed by atoms with Crippen LogP contribution in [-0.2, 0) is 6.54 Å². The largest absolute Gasteiger partial charge is 0.322 e. The third-order valence-corrected chi connectivity index (χ3v) is 4.91. The van der Waals surface area contributed by atoms with Crippen molar-refractivity contribution in [3.8, 4) is 5.69 Å². The standard InChI is InChI=1S/C21H19F2N3O/c1-2-18-20-8-5-11-25(20)19-7-4-3-6-14(19)13-26(18)21(27)24-17-10-9-15(22)12-16(17)23/h3-12,18H,2,13H2,1H3,(H,24,27)/t18-/m0/s1. The number of rotatable bonds is 2. The third kappa shape index (κ3) is 3.07. The van der Waals surface area contributed by atoms with E-state index in [1.807, 2.05) is 49.5 Å². The number of fused-ring (bicyclic) bond motifs is 3. The molecule has 0 spiro atoms. The number of anilines is 1. The van der Waals surface area contributed by atoms with Gasteiger partial charge in [-0.2, -0.15) is 0 Å². The van der Waals surface area contributed by atoms with Gasteiger partial charge in [0.15, 0.2) is 0 Å². The fraction of sp³-hybridized carbons (Fsp3) is 0.190. The van der Waals surface area contributed by atoms with Crippen LogP contribution in [0.5, 0.6) is 0 Å². The summed E-state index contributed by atoms with van der Waals surface area (Å²) in [6, 6.07) is 14.4. The molecule has 27 heavy (non-hydrogen) atoms. The highest BCUT2D eigenvalue weighted by Gasteiger charge is 2.30. The molecule has 0 saturated carbocycles. The molecule has 0 bridgehead atoms. The minimum atomic E-state index is -0.796. The number of hydrogen-bond donors (Lipinski definition) is 1. The fourth-order valence-corrected chi connectivity index (χ4v) is 3.64. The van der Waals surface area contributed by atoms with Crippen LogP contribution in [0.1, 0.15) is 30.6 Å². The van der Waals surface area contributed by atoms with Crippen molar-refractivity contribution in [3.63, 3.8) is 0 Å². The van der Waals surface area contributed by atoms with E-state index in [0.29, 0.717) is 13.0 Å². The zero-order valence-electron chi connectivity index (χ0n) is 14.8. The van der Waals surface area contributed by atoms with E-state index in [1.54, 1.807) is 4.90 Å². The Balaban J connectivity index is 1.72. The Kier molecular flexibility index (Phi) is 4.39. The van der Waals surface area contributed by atoms with E-state index in [0.717, 1.165) is 29.1 Å². The van der Waals surface area contributed by atoms with E-state index in [4.69, 9.17) is 0 Å². The summed E-state index contributed by atoms with van der Waals surface area (Å²) in [5, 5.41) is 2.59. The predicted molar refractivity (Wildman–Crippen MR) is 99.7 cm³/mol. The molecule has 1 aromatic heterocycles. The number of hydrogen-bond acceptors (Lipinski definition) is 1. The number of aromatic nitrogens is 1. The van der Waals surface area contributed by atoms with Gasteiger partial charge in [0.05, 0.1) is 24.0 Å². The quantitative estimate of drug-likeness (QED) is 0.660. The summed E-state index contributed by atoms with van der Waals surface area (Å²) in [7, 11) is 0. The van der Waals surface area contributed by atoms with E-state index in [-0.39, 0.29) is 11.7 Å². The predicted octanol–water partition coefficient (Wildman–Crippen LogP) is 5.25. The third-order valence-electron chi connectivity index (χ3n) is 4.91. The zero-order chi connectivity index (χ0) is 19.0. The van der Waals surface area contributed by atoms with Crippen LogP contribution in [0, 0.1) is 11.6 Å². The van der Waals surface area contributed by atoms with Crippen molar-refractivity contribution in [2.75, 3.05) is 5.32 Å². The number of carbonyl (C=O) groups is 1. The number of halogens is 2. The van der Waals surface area contributed by atoms with Crippen LogP contribution in [0.3, 0.4) is 0 Å². The molecule has 3 aromatic rings. The van der Waals surface area contributed by atoms with Gasteiger partial charge in [0, 0.05) is 18.0 Å². The first-order valence-corrected chi connectivity index (χ1v) is 8.86. The number of nitrogens with zero attached hydrogens (tertiary/aromatic N) is 2. The van der Waals surface area contributed by atoms with Crippen molar-refractivity contribution >= 4 is 11.7 Å². The van der Waals surface area contributed by atoms with Crippen molar-refractivity contribution in [1.29, 1.82) is 0 Å². The van der Waals surface area contributed by atoms with Crippen molar-refractivity contribution in [2.45, 2.75) is 25.9 Å². The molecule has 0 saturated heterocycles. The van der Waals surface area contributed by atoms with Gasteiger partial charge in [-0.15, -0.1) is 0 Å². The molecule has 0 unspecified atom stereocenters. The summed E-state index contributed by atoms with van der Waals surface area (Å²) in [4.78, 5) is 14.7. The summed E-state index contributed by atoms with van der Waals surface area (Å²) >= 11 is 0. The van der Waals surface area contributed by atoms with E-state index in [9.17, 15) is 13.6 Å². The van der Waals surface area contributed by atoms with Crippen LogP contribution in [0.2, 0.25) is 0 Å². The normalized spacial score (nSPS) is 15.7. The highest BCUT2D eigenvalue weighted by atomic mass is 19.1. The highest BCUT2D eigenvalue weighted by Crippen LogP contribution is 2.34. The van der Waals surface area contributed by atoms with Crippen molar-refractivity contribution < 1.29 is 13.6 Å². The molecule has 138 valence electrons. The lowest BCUT2D eigenvalue weighted by Gasteiger charge is -2.29. The second kappa shape index (κ2) is 6.87. The van der Waals surface area contributed by atoms with Gasteiger partial charge in [-0.1, -0.05) is 25.1 Å². The molecule has 1 atom stereocenters. The average molecular weight is 367 g/mol. The summed E-state index contributed by atoms with van der Waals surface area (Å²) in [6.07, 6.45) is 2.69. The lowest BCUT2D eigenvalue weighted by Crippen LogP contribution is -2.37. The molecule has 1 aliphatic heterocycles. The molecule has 4 nitrogen and oxygen atoms in total. The summed E-state index contributed by atoms with van der Waals surface area (Å²) < 4.78 is 29.2. The van der Waals surface area contributed by atoms with Crippen molar-refractivity contribution in [1.82, 2.24) is 9.47 Å². The first-order chi connectivity index (χ1) is 13.1. The Morgan fingerprint density at radius 2 is 1.96 bits per heavy atom. The van der Waals surface area contributed by atoms with Crippen molar-refractivity contribution in [3.05, 3.63) is 83.7 Å². The molecule has 0 fully saturated rings. The summed E-state index contributed by atoms with van der Waals surface area (Å²) in [5.74, 6) is -1.48. The maximum absolute atomic E-state index is 14.0. The molecule has 6 heteroatoms. The first-order valence-electron chi connectivity index (χ1n) is 8.86. The fourth-order valence-electron chi connectivity index (χ4n) is 3.64. The van der Waals surface area contributed by atoms with Gasteiger partial charge < -0.3 is 14.8 Å². The number of amides is 2. The van der Waals surface area contributed by atoms with Crippen LogP contribution in [0.4, 0.5) is 19.3 Å². The number of para-hydroxylation sites is 1. The van der Waals surface area contributed by atoms with Crippen LogP contribution < -0.4 is 5.32 Å². The molecule has 0 radical (unpaired) electrons. The maximum atomic E-state index is 14.0. The van der Waals surface area contributed by atoms with Crippen LogP contribution >= 0.6 is 0 Å². The van der Waals surface area contributed by atoms with Crippen molar-refractivity contribution in [2.24, 2.45) is 0 Å².